The van der Waals surface area contributed by atoms with E-state index in [0.29, 0.717) is 15.7 Å². The Kier molecular flexibility index (Phi) is 3.63. The average molecular weight is 304 g/mol. The SMILES string of the molecule is Clc1ccc(Cl)c(NN=Cc2c[nH]c3ccccc23)c1. The molecule has 0 spiro atoms. The number of aromatic nitrogens is 1. The van der Waals surface area contributed by atoms with Crippen molar-refractivity contribution in [3.8, 4) is 0 Å². The van der Waals surface area contributed by atoms with Gasteiger partial charge in [0.15, 0.2) is 0 Å². The predicted molar refractivity (Wildman–Crippen MR) is 86.0 cm³/mol. The molecular formula is C15H11Cl2N3. The molecule has 3 nitrogen and oxygen atoms in total. The fraction of sp³-hybridized carbons (Fsp3) is 0. The highest BCUT2D eigenvalue weighted by molar-refractivity contribution is 6.35. The summed E-state index contributed by atoms with van der Waals surface area (Å²) < 4.78 is 0. The van der Waals surface area contributed by atoms with E-state index < -0.39 is 0 Å². The first-order valence-corrected chi connectivity index (χ1v) is 6.80. The van der Waals surface area contributed by atoms with E-state index in [4.69, 9.17) is 23.2 Å². The van der Waals surface area contributed by atoms with E-state index >= 15 is 0 Å². The number of halogens is 2. The molecule has 100 valence electrons. The Labute approximate surface area is 126 Å². The second-order valence-corrected chi connectivity index (χ2v) is 5.13. The van der Waals surface area contributed by atoms with Crippen LogP contribution in [0.1, 0.15) is 5.56 Å². The van der Waals surface area contributed by atoms with E-state index in [-0.39, 0.29) is 0 Å². The average Bonchev–Trinajstić information content (AvgIpc) is 2.86. The van der Waals surface area contributed by atoms with Gasteiger partial charge in [-0.2, -0.15) is 5.10 Å². The van der Waals surface area contributed by atoms with Gasteiger partial charge < -0.3 is 4.98 Å². The van der Waals surface area contributed by atoms with Gasteiger partial charge in [-0.05, 0) is 24.3 Å². The predicted octanol–water partition coefficient (Wildman–Crippen LogP) is 4.92. The summed E-state index contributed by atoms with van der Waals surface area (Å²) in [5.41, 5.74) is 5.66. The number of hydrazone groups is 1. The molecule has 20 heavy (non-hydrogen) atoms. The maximum atomic E-state index is 6.05. The van der Waals surface area contributed by atoms with E-state index in [1.165, 1.54) is 0 Å². The van der Waals surface area contributed by atoms with Crippen molar-refractivity contribution in [3.05, 3.63) is 64.3 Å². The van der Waals surface area contributed by atoms with Gasteiger partial charge in [0.05, 0.1) is 16.9 Å². The van der Waals surface area contributed by atoms with E-state index in [1.54, 1.807) is 24.4 Å². The second-order valence-electron chi connectivity index (χ2n) is 4.28. The standard InChI is InChI=1S/C15H11Cl2N3/c16-11-5-6-13(17)15(7-11)20-19-9-10-8-18-14-4-2-1-3-12(10)14/h1-9,18,20H. The minimum absolute atomic E-state index is 0.575. The molecule has 1 aromatic heterocycles. The van der Waals surface area contributed by atoms with Gasteiger partial charge in [0.2, 0.25) is 0 Å². The minimum Gasteiger partial charge on any atom is -0.361 e. The van der Waals surface area contributed by atoms with Gasteiger partial charge in [-0.1, -0.05) is 41.4 Å². The summed E-state index contributed by atoms with van der Waals surface area (Å²) in [7, 11) is 0. The number of anilines is 1. The maximum absolute atomic E-state index is 6.05. The minimum atomic E-state index is 0.575. The molecule has 2 N–H and O–H groups in total. The summed E-state index contributed by atoms with van der Waals surface area (Å²) in [6.45, 7) is 0. The van der Waals surface area contributed by atoms with Crippen LogP contribution in [-0.4, -0.2) is 11.2 Å². The summed E-state index contributed by atoms with van der Waals surface area (Å²) in [6.07, 6.45) is 3.66. The second kappa shape index (κ2) is 5.57. The number of benzene rings is 2. The molecule has 0 aliphatic carbocycles. The van der Waals surface area contributed by atoms with Crippen molar-refractivity contribution < 1.29 is 0 Å². The van der Waals surface area contributed by atoms with Gasteiger partial charge in [-0.3, -0.25) is 5.43 Å². The molecule has 1 heterocycles. The molecule has 0 aliphatic rings. The number of hydrogen-bond acceptors (Lipinski definition) is 2. The number of hydrogen-bond donors (Lipinski definition) is 2. The first-order chi connectivity index (χ1) is 9.74. The molecule has 2 aromatic carbocycles. The van der Waals surface area contributed by atoms with Crippen molar-refractivity contribution in [2.75, 3.05) is 5.43 Å². The third kappa shape index (κ3) is 2.64. The topological polar surface area (TPSA) is 40.2 Å². The zero-order chi connectivity index (χ0) is 13.9. The molecule has 0 fully saturated rings. The molecular weight excluding hydrogens is 293 g/mol. The summed E-state index contributed by atoms with van der Waals surface area (Å²) in [4.78, 5) is 3.19. The van der Waals surface area contributed by atoms with E-state index in [0.717, 1.165) is 16.5 Å². The van der Waals surface area contributed by atoms with Gasteiger partial charge in [0, 0.05) is 27.7 Å². The number of aromatic amines is 1. The van der Waals surface area contributed by atoms with Crippen LogP contribution in [0, 0.1) is 0 Å². The summed E-state index contributed by atoms with van der Waals surface area (Å²) >= 11 is 12.0. The number of rotatable bonds is 3. The fourth-order valence-electron chi connectivity index (χ4n) is 1.96. The van der Waals surface area contributed by atoms with E-state index in [9.17, 15) is 0 Å². The third-order valence-electron chi connectivity index (χ3n) is 2.94. The number of para-hydroxylation sites is 1. The molecule has 3 rings (SSSR count). The highest BCUT2D eigenvalue weighted by atomic mass is 35.5. The summed E-state index contributed by atoms with van der Waals surface area (Å²) in [6, 6.07) is 13.2. The van der Waals surface area contributed by atoms with Gasteiger partial charge in [-0.15, -0.1) is 0 Å². The van der Waals surface area contributed by atoms with Crippen LogP contribution in [0.2, 0.25) is 10.0 Å². The lowest BCUT2D eigenvalue weighted by molar-refractivity contribution is 1.35. The smallest absolute Gasteiger partial charge is 0.0762 e. The number of H-pyrrole nitrogens is 1. The van der Waals surface area contributed by atoms with Crippen LogP contribution in [0.15, 0.2) is 53.8 Å². The van der Waals surface area contributed by atoms with Crippen molar-refractivity contribution in [2.24, 2.45) is 5.10 Å². The number of nitrogens with zero attached hydrogens (tertiary/aromatic N) is 1. The Hall–Kier alpha value is -1.97. The normalized spacial score (nSPS) is 11.3. The Balaban J connectivity index is 1.82. The van der Waals surface area contributed by atoms with Gasteiger partial charge in [0.1, 0.15) is 0 Å². The first-order valence-electron chi connectivity index (χ1n) is 6.04. The first kappa shape index (κ1) is 13.0. The van der Waals surface area contributed by atoms with Crippen LogP contribution in [-0.2, 0) is 0 Å². The lowest BCUT2D eigenvalue weighted by Gasteiger charge is -2.03. The summed E-state index contributed by atoms with van der Waals surface area (Å²) in [5.74, 6) is 0. The Bertz CT molecular complexity index is 778. The fourth-order valence-corrected chi connectivity index (χ4v) is 2.29. The van der Waals surface area contributed by atoms with Crippen molar-refractivity contribution in [1.29, 1.82) is 0 Å². The third-order valence-corrected chi connectivity index (χ3v) is 3.50. The highest BCUT2D eigenvalue weighted by Crippen LogP contribution is 2.25. The van der Waals surface area contributed by atoms with Crippen LogP contribution in [0.4, 0.5) is 5.69 Å². The maximum Gasteiger partial charge on any atom is 0.0762 e. The van der Waals surface area contributed by atoms with Crippen molar-refractivity contribution in [2.45, 2.75) is 0 Å². The molecule has 0 bridgehead atoms. The molecule has 5 heteroatoms. The van der Waals surface area contributed by atoms with Gasteiger partial charge in [-0.25, -0.2) is 0 Å². The van der Waals surface area contributed by atoms with Crippen molar-refractivity contribution in [3.63, 3.8) is 0 Å². The Morgan fingerprint density at radius 1 is 1.10 bits per heavy atom. The zero-order valence-electron chi connectivity index (χ0n) is 10.4. The molecule has 0 amide bonds. The largest absolute Gasteiger partial charge is 0.361 e. The quantitative estimate of drug-likeness (QED) is 0.523. The van der Waals surface area contributed by atoms with Crippen molar-refractivity contribution in [1.82, 2.24) is 4.98 Å². The van der Waals surface area contributed by atoms with E-state index in [2.05, 4.69) is 15.5 Å². The molecule has 0 saturated heterocycles. The molecule has 0 atom stereocenters. The zero-order valence-corrected chi connectivity index (χ0v) is 11.9. The molecule has 0 aliphatic heterocycles. The highest BCUT2D eigenvalue weighted by Gasteiger charge is 2.01. The van der Waals surface area contributed by atoms with E-state index in [1.807, 2.05) is 30.5 Å². The van der Waals surface area contributed by atoms with Crippen LogP contribution < -0.4 is 5.43 Å². The van der Waals surface area contributed by atoms with Crippen LogP contribution in [0.25, 0.3) is 10.9 Å². The van der Waals surface area contributed by atoms with Crippen LogP contribution in [0.3, 0.4) is 0 Å². The van der Waals surface area contributed by atoms with Crippen LogP contribution in [0.5, 0.6) is 0 Å². The lowest BCUT2D eigenvalue weighted by atomic mass is 10.2. The summed E-state index contributed by atoms with van der Waals surface area (Å²) in [5, 5.41) is 6.50. The van der Waals surface area contributed by atoms with Gasteiger partial charge >= 0.3 is 0 Å². The Morgan fingerprint density at radius 3 is 2.85 bits per heavy atom. The molecule has 0 saturated carbocycles. The number of fused-ring (bicyclic) bond motifs is 1. The molecule has 0 radical (unpaired) electrons. The lowest BCUT2D eigenvalue weighted by Crippen LogP contribution is -1.91. The number of nitrogens with one attached hydrogen (secondary N) is 2. The molecule has 0 unspecified atom stereocenters. The van der Waals surface area contributed by atoms with Gasteiger partial charge in [0.25, 0.3) is 0 Å². The van der Waals surface area contributed by atoms with Crippen molar-refractivity contribution >= 4 is 46.0 Å². The monoisotopic (exact) mass is 303 g/mol. The van der Waals surface area contributed by atoms with Crippen LogP contribution >= 0.6 is 23.2 Å². The Morgan fingerprint density at radius 2 is 1.95 bits per heavy atom. The molecule has 3 aromatic rings.